The largest absolute Gasteiger partial charge is 0.507 e. The third kappa shape index (κ3) is 0.917. The highest BCUT2D eigenvalue weighted by Crippen LogP contribution is 2.42. The predicted molar refractivity (Wildman–Crippen MR) is 45.9 cm³/mol. The molecule has 0 aliphatic rings. The van der Waals surface area contributed by atoms with E-state index in [0.717, 1.165) is 5.56 Å². The standard InChI is InChI=1S/C9H8O4/c1-4-2-3-5(10)7-6(4)8(11)13-9(7)12/h2-3,10-12H,1H3. The second-order valence-corrected chi connectivity index (χ2v) is 2.86. The molecule has 2 rings (SSSR count). The number of aryl methyl sites for hydroxylation is 1. The molecule has 0 aliphatic heterocycles. The lowest BCUT2D eigenvalue weighted by molar-refractivity contribution is 0.269. The fraction of sp³-hybridized carbons (Fsp3) is 0.111. The van der Waals surface area contributed by atoms with Crippen molar-refractivity contribution in [3.05, 3.63) is 17.7 Å². The average molecular weight is 180 g/mol. The molecule has 0 atom stereocenters. The van der Waals surface area contributed by atoms with Gasteiger partial charge < -0.3 is 19.7 Å². The zero-order valence-electron chi connectivity index (χ0n) is 6.90. The fourth-order valence-corrected chi connectivity index (χ4v) is 1.38. The summed E-state index contributed by atoms with van der Waals surface area (Å²) in [6, 6.07) is 3.07. The van der Waals surface area contributed by atoms with Crippen molar-refractivity contribution in [3.8, 4) is 17.6 Å². The second kappa shape index (κ2) is 2.32. The number of fused-ring (bicyclic) bond motifs is 1. The SMILES string of the molecule is Cc1ccc(O)c2c(O)oc(O)c12. The third-order valence-corrected chi connectivity index (χ3v) is 2.01. The highest BCUT2D eigenvalue weighted by atomic mass is 16.5. The van der Waals surface area contributed by atoms with Gasteiger partial charge in [0.05, 0.1) is 5.39 Å². The first kappa shape index (κ1) is 7.79. The summed E-state index contributed by atoms with van der Waals surface area (Å²) in [7, 11) is 0. The Morgan fingerprint density at radius 3 is 2.23 bits per heavy atom. The van der Waals surface area contributed by atoms with Gasteiger partial charge in [-0.3, -0.25) is 0 Å². The molecule has 3 N–H and O–H groups in total. The summed E-state index contributed by atoms with van der Waals surface area (Å²) in [5.74, 6) is -0.947. The van der Waals surface area contributed by atoms with E-state index in [-0.39, 0.29) is 17.1 Å². The Hall–Kier alpha value is -1.84. The number of rotatable bonds is 0. The summed E-state index contributed by atoms with van der Waals surface area (Å²) >= 11 is 0. The van der Waals surface area contributed by atoms with Crippen LogP contribution < -0.4 is 0 Å². The van der Waals surface area contributed by atoms with Gasteiger partial charge in [0.15, 0.2) is 0 Å². The quantitative estimate of drug-likeness (QED) is 0.578. The number of phenols is 1. The summed E-state index contributed by atoms with van der Waals surface area (Å²) < 4.78 is 4.58. The lowest BCUT2D eigenvalue weighted by Crippen LogP contribution is -1.74. The number of benzene rings is 1. The van der Waals surface area contributed by atoms with Crippen LogP contribution in [0.3, 0.4) is 0 Å². The van der Waals surface area contributed by atoms with Crippen LogP contribution in [0.5, 0.6) is 17.6 Å². The highest BCUT2D eigenvalue weighted by molar-refractivity contribution is 5.97. The van der Waals surface area contributed by atoms with Crippen LogP contribution in [0.2, 0.25) is 0 Å². The molecule has 0 radical (unpaired) electrons. The number of phenolic OH excluding ortho intramolecular Hbond substituents is 1. The zero-order valence-corrected chi connectivity index (χ0v) is 6.90. The molecule has 0 spiro atoms. The molecule has 0 aliphatic carbocycles. The average Bonchev–Trinajstić information content (AvgIpc) is 2.36. The summed E-state index contributed by atoms with van der Waals surface area (Å²) in [5, 5.41) is 28.3. The van der Waals surface area contributed by atoms with E-state index in [1.165, 1.54) is 6.07 Å². The van der Waals surface area contributed by atoms with Gasteiger partial charge in [0.2, 0.25) is 0 Å². The molecule has 1 aromatic heterocycles. The molecular weight excluding hydrogens is 172 g/mol. The van der Waals surface area contributed by atoms with E-state index in [9.17, 15) is 15.3 Å². The minimum absolute atomic E-state index is 0.109. The molecule has 1 heterocycles. The molecule has 0 fully saturated rings. The second-order valence-electron chi connectivity index (χ2n) is 2.86. The van der Waals surface area contributed by atoms with Crippen molar-refractivity contribution in [3.63, 3.8) is 0 Å². The molecule has 4 heteroatoms. The van der Waals surface area contributed by atoms with E-state index < -0.39 is 5.95 Å². The maximum absolute atomic E-state index is 9.36. The first-order chi connectivity index (χ1) is 6.11. The maximum Gasteiger partial charge on any atom is 0.296 e. The first-order valence-corrected chi connectivity index (χ1v) is 3.74. The van der Waals surface area contributed by atoms with Crippen LogP contribution in [0.1, 0.15) is 5.56 Å². The monoisotopic (exact) mass is 180 g/mol. The fourth-order valence-electron chi connectivity index (χ4n) is 1.38. The first-order valence-electron chi connectivity index (χ1n) is 3.74. The van der Waals surface area contributed by atoms with E-state index in [0.29, 0.717) is 5.39 Å². The Labute approximate surface area is 73.7 Å². The molecule has 0 saturated carbocycles. The lowest BCUT2D eigenvalue weighted by Gasteiger charge is -1.96. The third-order valence-electron chi connectivity index (χ3n) is 2.01. The number of hydrogen-bond donors (Lipinski definition) is 3. The molecule has 1 aromatic carbocycles. The van der Waals surface area contributed by atoms with Gasteiger partial charge in [0.25, 0.3) is 11.9 Å². The van der Waals surface area contributed by atoms with Crippen LogP contribution in [0.4, 0.5) is 0 Å². The summed E-state index contributed by atoms with van der Waals surface area (Å²) in [6.45, 7) is 1.75. The topological polar surface area (TPSA) is 73.8 Å². The Bertz CT molecular complexity index is 428. The van der Waals surface area contributed by atoms with Crippen LogP contribution in [-0.2, 0) is 0 Å². The smallest absolute Gasteiger partial charge is 0.296 e. The van der Waals surface area contributed by atoms with Gasteiger partial charge in [-0.15, -0.1) is 0 Å². The van der Waals surface area contributed by atoms with Crippen LogP contribution >= 0.6 is 0 Å². The maximum atomic E-state index is 9.36. The Morgan fingerprint density at radius 1 is 1.00 bits per heavy atom. The van der Waals surface area contributed by atoms with Crippen molar-refractivity contribution < 1.29 is 19.7 Å². The van der Waals surface area contributed by atoms with Crippen LogP contribution in [0, 0.1) is 6.92 Å². The number of hydrogen-bond acceptors (Lipinski definition) is 4. The van der Waals surface area contributed by atoms with Gasteiger partial charge in [0, 0.05) is 0 Å². The van der Waals surface area contributed by atoms with Crippen molar-refractivity contribution in [2.45, 2.75) is 6.92 Å². The molecular formula is C9H8O4. The summed E-state index contributed by atoms with van der Waals surface area (Å²) in [5.41, 5.74) is 0.731. The summed E-state index contributed by atoms with van der Waals surface area (Å²) in [6.07, 6.45) is 0. The van der Waals surface area contributed by atoms with E-state index >= 15 is 0 Å². The van der Waals surface area contributed by atoms with E-state index in [2.05, 4.69) is 4.42 Å². The molecule has 0 bridgehead atoms. The minimum atomic E-state index is -0.464. The molecule has 4 nitrogen and oxygen atoms in total. The van der Waals surface area contributed by atoms with E-state index in [1.54, 1.807) is 13.0 Å². The van der Waals surface area contributed by atoms with Gasteiger partial charge in [-0.05, 0) is 18.6 Å². The molecule has 0 unspecified atom stereocenters. The minimum Gasteiger partial charge on any atom is -0.507 e. The van der Waals surface area contributed by atoms with Gasteiger partial charge in [-0.1, -0.05) is 6.07 Å². The molecule has 0 amide bonds. The van der Waals surface area contributed by atoms with Crippen LogP contribution in [-0.4, -0.2) is 15.3 Å². The molecule has 13 heavy (non-hydrogen) atoms. The van der Waals surface area contributed by atoms with Crippen LogP contribution in [0.25, 0.3) is 10.8 Å². The Kier molecular flexibility index (Phi) is 1.39. The molecule has 68 valence electrons. The van der Waals surface area contributed by atoms with Crippen molar-refractivity contribution in [2.75, 3.05) is 0 Å². The Balaban J connectivity index is 3.03. The van der Waals surface area contributed by atoms with Crippen molar-refractivity contribution in [1.29, 1.82) is 0 Å². The lowest BCUT2D eigenvalue weighted by atomic mass is 10.1. The predicted octanol–water partition coefficient (Wildman–Crippen LogP) is 1.86. The highest BCUT2D eigenvalue weighted by Gasteiger charge is 2.16. The summed E-state index contributed by atoms with van der Waals surface area (Å²) in [4.78, 5) is 0. The van der Waals surface area contributed by atoms with Gasteiger partial charge in [-0.2, -0.15) is 0 Å². The van der Waals surface area contributed by atoms with Gasteiger partial charge in [-0.25, -0.2) is 0 Å². The molecule has 2 aromatic rings. The van der Waals surface area contributed by atoms with E-state index in [1.807, 2.05) is 0 Å². The van der Waals surface area contributed by atoms with Gasteiger partial charge in [0.1, 0.15) is 11.1 Å². The normalized spacial score (nSPS) is 10.8. The van der Waals surface area contributed by atoms with Crippen molar-refractivity contribution in [2.24, 2.45) is 0 Å². The van der Waals surface area contributed by atoms with Crippen molar-refractivity contribution in [1.82, 2.24) is 0 Å². The van der Waals surface area contributed by atoms with Crippen molar-refractivity contribution >= 4 is 10.8 Å². The Morgan fingerprint density at radius 2 is 1.62 bits per heavy atom. The van der Waals surface area contributed by atoms with E-state index in [4.69, 9.17) is 0 Å². The zero-order chi connectivity index (χ0) is 9.59. The molecule has 0 saturated heterocycles. The number of aromatic hydroxyl groups is 3. The van der Waals surface area contributed by atoms with Crippen LogP contribution in [0.15, 0.2) is 16.5 Å². The number of furan rings is 1. The van der Waals surface area contributed by atoms with Gasteiger partial charge >= 0.3 is 0 Å².